The monoisotopic (exact) mass is 224 g/mol. The number of nitro benzene ring substituents is 1. The number of nitrogens with zero attached hydrogens (tertiary/aromatic N) is 2. The molecule has 0 saturated heterocycles. The Hall–Kier alpha value is -1.78. The van der Waals surface area contributed by atoms with Crippen LogP contribution in [0.4, 0.5) is 11.4 Å². The van der Waals surface area contributed by atoms with E-state index in [1.165, 1.54) is 19.2 Å². The number of benzene rings is 1. The molecule has 1 rings (SSSR count). The minimum absolute atomic E-state index is 0.0488. The van der Waals surface area contributed by atoms with Crippen LogP contribution >= 0.6 is 0 Å². The fourth-order valence-electron chi connectivity index (χ4n) is 1.61. The summed E-state index contributed by atoms with van der Waals surface area (Å²) in [5.74, 6) is 0.540. The first-order valence-electron chi connectivity index (χ1n) is 5.21. The first-order chi connectivity index (χ1) is 7.63. The number of ether oxygens (including phenoxy) is 1. The highest BCUT2D eigenvalue weighted by molar-refractivity contribution is 5.62. The standard InChI is InChI=1S/C11H16N2O3/c1-4-12(5-2)10-7-6-9(13(14)15)8-11(10)16-3/h6-8H,4-5H2,1-3H3. The molecule has 0 N–H and O–H groups in total. The molecule has 0 fully saturated rings. The summed E-state index contributed by atoms with van der Waals surface area (Å²) in [5, 5.41) is 10.6. The van der Waals surface area contributed by atoms with Gasteiger partial charge in [-0.15, -0.1) is 0 Å². The fraction of sp³-hybridized carbons (Fsp3) is 0.455. The summed E-state index contributed by atoms with van der Waals surface area (Å²) >= 11 is 0. The number of non-ortho nitro benzene ring substituents is 1. The quantitative estimate of drug-likeness (QED) is 0.569. The van der Waals surface area contributed by atoms with Gasteiger partial charge in [0.25, 0.3) is 5.69 Å². The van der Waals surface area contributed by atoms with Crippen LogP contribution in [0.3, 0.4) is 0 Å². The SMILES string of the molecule is CCN(CC)c1ccc([N+](=O)[O-])cc1OC. The van der Waals surface area contributed by atoms with E-state index in [1.54, 1.807) is 6.07 Å². The van der Waals surface area contributed by atoms with Gasteiger partial charge in [0, 0.05) is 19.2 Å². The summed E-state index contributed by atoms with van der Waals surface area (Å²) in [7, 11) is 1.52. The smallest absolute Gasteiger partial charge is 0.273 e. The number of hydrogen-bond acceptors (Lipinski definition) is 4. The van der Waals surface area contributed by atoms with Crippen LogP contribution in [0.1, 0.15) is 13.8 Å². The van der Waals surface area contributed by atoms with E-state index < -0.39 is 4.92 Å². The molecule has 16 heavy (non-hydrogen) atoms. The van der Waals surface area contributed by atoms with E-state index in [0.717, 1.165) is 18.8 Å². The summed E-state index contributed by atoms with van der Waals surface area (Å²) in [6.45, 7) is 5.74. The van der Waals surface area contributed by atoms with Crippen molar-refractivity contribution in [1.29, 1.82) is 0 Å². The fourth-order valence-corrected chi connectivity index (χ4v) is 1.61. The van der Waals surface area contributed by atoms with E-state index in [4.69, 9.17) is 4.74 Å². The Kier molecular flexibility index (Phi) is 4.10. The number of rotatable bonds is 5. The third-order valence-electron chi connectivity index (χ3n) is 2.48. The van der Waals surface area contributed by atoms with E-state index in [-0.39, 0.29) is 5.69 Å². The van der Waals surface area contributed by atoms with Crippen molar-refractivity contribution in [3.05, 3.63) is 28.3 Å². The highest BCUT2D eigenvalue weighted by atomic mass is 16.6. The number of methoxy groups -OCH3 is 1. The lowest BCUT2D eigenvalue weighted by Crippen LogP contribution is -2.22. The summed E-state index contributed by atoms with van der Waals surface area (Å²) in [6, 6.07) is 4.67. The van der Waals surface area contributed by atoms with Gasteiger partial charge in [-0.2, -0.15) is 0 Å². The molecule has 0 heterocycles. The molecular formula is C11H16N2O3. The van der Waals surface area contributed by atoms with Crippen molar-refractivity contribution >= 4 is 11.4 Å². The number of anilines is 1. The zero-order chi connectivity index (χ0) is 12.1. The second-order valence-corrected chi connectivity index (χ2v) is 3.29. The average Bonchev–Trinajstić information content (AvgIpc) is 2.30. The molecule has 0 aromatic heterocycles. The first-order valence-corrected chi connectivity index (χ1v) is 5.21. The van der Waals surface area contributed by atoms with Gasteiger partial charge in [0.2, 0.25) is 0 Å². The zero-order valence-corrected chi connectivity index (χ0v) is 9.77. The maximum atomic E-state index is 10.6. The lowest BCUT2D eigenvalue weighted by molar-refractivity contribution is -0.384. The Bertz CT molecular complexity index is 375. The lowest BCUT2D eigenvalue weighted by Gasteiger charge is -2.22. The van der Waals surface area contributed by atoms with Crippen molar-refractivity contribution in [3.8, 4) is 5.75 Å². The van der Waals surface area contributed by atoms with Crippen LogP contribution in [0.5, 0.6) is 5.75 Å². The van der Waals surface area contributed by atoms with Crippen LogP contribution in [-0.4, -0.2) is 25.1 Å². The van der Waals surface area contributed by atoms with Gasteiger partial charge in [-0.3, -0.25) is 10.1 Å². The van der Waals surface area contributed by atoms with Crippen molar-refractivity contribution < 1.29 is 9.66 Å². The van der Waals surface area contributed by atoms with Crippen molar-refractivity contribution in [2.45, 2.75) is 13.8 Å². The van der Waals surface area contributed by atoms with Gasteiger partial charge in [0.1, 0.15) is 5.75 Å². The summed E-state index contributed by atoms with van der Waals surface area (Å²) in [6.07, 6.45) is 0. The lowest BCUT2D eigenvalue weighted by atomic mass is 10.2. The molecule has 1 aromatic rings. The van der Waals surface area contributed by atoms with Gasteiger partial charge in [-0.25, -0.2) is 0 Å². The van der Waals surface area contributed by atoms with Crippen LogP contribution in [-0.2, 0) is 0 Å². The zero-order valence-electron chi connectivity index (χ0n) is 9.77. The number of hydrogen-bond donors (Lipinski definition) is 0. The molecule has 0 atom stereocenters. The molecule has 0 aliphatic carbocycles. The Morgan fingerprint density at radius 2 is 2.00 bits per heavy atom. The van der Waals surface area contributed by atoms with Gasteiger partial charge in [-0.05, 0) is 19.9 Å². The van der Waals surface area contributed by atoms with Gasteiger partial charge in [-0.1, -0.05) is 0 Å². The Morgan fingerprint density at radius 3 is 2.44 bits per heavy atom. The maximum Gasteiger partial charge on any atom is 0.273 e. The second kappa shape index (κ2) is 5.34. The Morgan fingerprint density at radius 1 is 1.38 bits per heavy atom. The third kappa shape index (κ3) is 2.42. The third-order valence-corrected chi connectivity index (χ3v) is 2.48. The molecule has 5 heteroatoms. The Labute approximate surface area is 94.8 Å². The van der Waals surface area contributed by atoms with E-state index >= 15 is 0 Å². The largest absolute Gasteiger partial charge is 0.494 e. The molecule has 0 aliphatic heterocycles. The minimum atomic E-state index is -0.422. The van der Waals surface area contributed by atoms with Gasteiger partial charge < -0.3 is 9.64 Å². The molecule has 0 saturated carbocycles. The average molecular weight is 224 g/mol. The topological polar surface area (TPSA) is 55.6 Å². The molecule has 0 unspecified atom stereocenters. The Balaban J connectivity index is 3.15. The molecule has 0 bridgehead atoms. The highest BCUT2D eigenvalue weighted by Crippen LogP contribution is 2.31. The van der Waals surface area contributed by atoms with Gasteiger partial charge >= 0.3 is 0 Å². The van der Waals surface area contributed by atoms with E-state index in [9.17, 15) is 10.1 Å². The van der Waals surface area contributed by atoms with Crippen LogP contribution in [0.25, 0.3) is 0 Å². The van der Waals surface area contributed by atoms with Crippen molar-refractivity contribution in [2.24, 2.45) is 0 Å². The van der Waals surface area contributed by atoms with E-state index in [2.05, 4.69) is 4.90 Å². The van der Waals surface area contributed by atoms with Gasteiger partial charge in [0.05, 0.1) is 23.8 Å². The predicted octanol–water partition coefficient (Wildman–Crippen LogP) is 2.45. The van der Waals surface area contributed by atoms with E-state index in [1.807, 2.05) is 13.8 Å². The molecule has 0 amide bonds. The van der Waals surface area contributed by atoms with Crippen LogP contribution < -0.4 is 9.64 Å². The summed E-state index contributed by atoms with van der Waals surface area (Å²) in [5.41, 5.74) is 0.936. The predicted molar refractivity (Wildman–Crippen MR) is 63.2 cm³/mol. The normalized spacial score (nSPS) is 9.94. The molecule has 0 radical (unpaired) electrons. The minimum Gasteiger partial charge on any atom is -0.494 e. The van der Waals surface area contributed by atoms with Crippen LogP contribution in [0.2, 0.25) is 0 Å². The number of nitro groups is 1. The molecule has 1 aromatic carbocycles. The van der Waals surface area contributed by atoms with Crippen LogP contribution in [0.15, 0.2) is 18.2 Å². The van der Waals surface area contributed by atoms with Crippen molar-refractivity contribution in [2.75, 3.05) is 25.1 Å². The van der Waals surface area contributed by atoms with E-state index in [0.29, 0.717) is 5.75 Å². The maximum absolute atomic E-state index is 10.6. The van der Waals surface area contributed by atoms with Crippen molar-refractivity contribution in [3.63, 3.8) is 0 Å². The molecular weight excluding hydrogens is 208 g/mol. The summed E-state index contributed by atoms with van der Waals surface area (Å²) in [4.78, 5) is 12.3. The van der Waals surface area contributed by atoms with Gasteiger partial charge in [0.15, 0.2) is 0 Å². The highest BCUT2D eigenvalue weighted by Gasteiger charge is 2.14. The molecule has 0 spiro atoms. The van der Waals surface area contributed by atoms with Crippen molar-refractivity contribution in [1.82, 2.24) is 0 Å². The first kappa shape index (κ1) is 12.3. The van der Waals surface area contributed by atoms with Crippen LogP contribution in [0, 0.1) is 10.1 Å². The molecule has 0 aliphatic rings. The molecule has 5 nitrogen and oxygen atoms in total. The second-order valence-electron chi connectivity index (χ2n) is 3.29. The summed E-state index contributed by atoms with van der Waals surface area (Å²) < 4.78 is 5.17. The molecule has 88 valence electrons.